The Morgan fingerprint density at radius 1 is 1.25 bits per heavy atom. The van der Waals surface area contributed by atoms with Gasteiger partial charge in [0, 0.05) is 6.57 Å². The molecule has 18 valence electrons. The van der Waals surface area contributed by atoms with Gasteiger partial charge in [-0.15, -0.1) is 0 Å². The van der Waals surface area contributed by atoms with E-state index in [0.717, 1.165) is 0 Å². The first kappa shape index (κ1) is 23.8. The van der Waals surface area contributed by atoms with Gasteiger partial charge in [0.15, 0.2) is 0 Å². The maximum atomic E-state index is 6.50. The molecule has 0 saturated carbocycles. The molecule has 0 spiro atoms. The second-order valence-corrected chi connectivity index (χ2v) is 0. The van der Waals surface area contributed by atoms with Crippen molar-refractivity contribution in [3.8, 4) is 6.57 Å². The number of hydrogen-bond donors (Lipinski definition) is 0. The molecule has 0 fully saturated rings. The van der Waals surface area contributed by atoms with Crippen molar-refractivity contribution >= 4 is 38.0 Å². The monoisotopic (exact) mass is 65.0 g/mol. The third-order valence-electron chi connectivity index (χ3n) is 0. The van der Waals surface area contributed by atoms with Crippen LogP contribution < -0.4 is 0 Å². The predicted octanol–water partition coefficient (Wildman–Crippen LogP) is -1.69. The zero-order chi connectivity index (χ0) is 2.00. The Kier molecular flexibility index (Phi) is 449. The molecule has 4 heavy (non-hydrogen) atoms. The summed E-state index contributed by atoms with van der Waals surface area (Å²) in [5, 5.41) is 6.50. The summed E-state index contributed by atoms with van der Waals surface area (Å²) in [5.41, 5.74) is 0. The molecular weight excluding hydrogens is 59.8 g/mol. The molecule has 0 rings (SSSR count). The van der Waals surface area contributed by atoms with Crippen LogP contribution in [0.1, 0.15) is 0 Å². The zero-order valence-corrected chi connectivity index (χ0v) is 1.02. The van der Waals surface area contributed by atoms with Crippen molar-refractivity contribution < 1.29 is 0 Å². The summed E-state index contributed by atoms with van der Waals surface area (Å²) in [5.74, 6) is 0. The van der Waals surface area contributed by atoms with E-state index in [2.05, 4.69) is 6.57 Å². The summed E-state index contributed by atoms with van der Waals surface area (Å²) in [4.78, 5) is 0. The van der Waals surface area contributed by atoms with Crippen LogP contribution >= 0.6 is 0 Å². The van der Waals surface area contributed by atoms with Crippen LogP contribution in [-0.4, -0.2) is 38.0 Å². The number of nitrogens with zero attached hydrogens (tertiary/aromatic N) is 1. The fourth-order valence-electron chi connectivity index (χ4n) is 0. The van der Waals surface area contributed by atoms with Gasteiger partial charge in [0.05, 0.1) is 8.41 Å². The van der Waals surface area contributed by atoms with E-state index >= 15 is 0 Å². The van der Waals surface area contributed by atoms with Gasteiger partial charge in [-0.05, 0) is 0 Å². The van der Waals surface area contributed by atoms with Crippen LogP contribution in [0, 0.1) is 11.8 Å². The van der Waals surface area contributed by atoms with Gasteiger partial charge in [0.25, 0.3) is 0 Å². The molecule has 1 nitrogen and oxygen atoms in total. The van der Waals surface area contributed by atoms with Gasteiger partial charge < -0.3 is 0 Å². The van der Waals surface area contributed by atoms with Crippen LogP contribution in [0.5, 0.6) is 0 Å². The summed E-state index contributed by atoms with van der Waals surface area (Å²) in [7, 11) is 0. The van der Waals surface area contributed by atoms with Crippen LogP contribution in [0.15, 0.2) is 0 Å². The first-order chi connectivity index (χ1) is 1.00. The topological polar surface area (TPSA) is 23.8 Å². The maximum absolute atomic E-state index is 6.50. The van der Waals surface area contributed by atoms with E-state index in [0.29, 0.717) is 0 Å². The van der Waals surface area contributed by atoms with Gasteiger partial charge in [0.1, 0.15) is 0 Å². The summed E-state index contributed by atoms with van der Waals surface area (Å²) in [6.45, 7) is 3.50. The Balaban J connectivity index is -0.00000000500. The van der Waals surface area contributed by atoms with Crippen molar-refractivity contribution in [1.29, 1.82) is 5.26 Å². The molecule has 0 bridgehead atoms. The van der Waals surface area contributed by atoms with Crippen LogP contribution in [0.3, 0.4) is 0 Å². The fourth-order valence-corrected chi connectivity index (χ4v) is 0. The quantitative estimate of drug-likeness (QED) is 0.309. The van der Waals surface area contributed by atoms with E-state index in [4.69, 9.17) is 5.26 Å². The SMILES string of the molecule is B.C#N.[NaH]. The van der Waals surface area contributed by atoms with E-state index in [1.807, 2.05) is 0 Å². The van der Waals surface area contributed by atoms with Crippen LogP contribution in [0.4, 0.5) is 0 Å². The molecule has 0 saturated heterocycles. The molecule has 0 atom stereocenters. The van der Waals surface area contributed by atoms with Crippen molar-refractivity contribution in [3.05, 3.63) is 0 Å². The van der Waals surface area contributed by atoms with Gasteiger partial charge >= 0.3 is 29.6 Å². The van der Waals surface area contributed by atoms with Crippen molar-refractivity contribution in [1.82, 2.24) is 0 Å². The molecule has 0 heterocycles. The first-order valence-corrected chi connectivity index (χ1v) is 0.258. The van der Waals surface area contributed by atoms with E-state index < -0.39 is 0 Å². The van der Waals surface area contributed by atoms with Gasteiger partial charge in [-0.2, -0.15) is 0 Å². The second kappa shape index (κ2) is 75.4. The number of rotatable bonds is 0. The Morgan fingerprint density at radius 2 is 1.25 bits per heavy atom. The molecule has 0 unspecified atom stereocenters. The predicted molar refractivity (Wildman–Crippen MR) is 23.8 cm³/mol. The third-order valence-corrected chi connectivity index (χ3v) is 0. The molecule has 0 amide bonds. The Bertz CT molecular complexity index is 12.8. The van der Waals surface area contributed by atoms with Gasteiger partial charge in [0.2, 0.25) is 0 Å². The second-order valence-electron chi connectivity index (χ2n) is 0. The average Bonchev–Trinajstić information content (AvgIpc) is 1.00. The molecule has 0 aliphatic heterocycles. The van der Waals surface area contributed by atoms with E-state index in [1.54, 1.807) is 0 Å². The number of nitriles is 1. The number of hydrogen-bond acceptors (Lipinski definition) is 1. The summed E-state index contributed by atoms with van der Waals surface area (Å²) in [6, 6.07) is 0. The van der Waals surface area contributed by atoms with Crippen molar-refractivity contribution in [2.24, 2.45) is 0 Å². The van der Waals surface area contributed by atoms with Crippen LogP contribution in [0.2, 0.25) is 0 Å². The van der Waals surface area contributed by atoms with Gasteiger partial charge in [-0.25, -0.2) is 5.26 Å². The zero-order valence-electron chi connectivity index (χ0n) is 1.02. The molecule has 0 aromatic carbocycles. The summed E-state index contributed by atoms with van der Waals surface area (Å²) >= 11 is 0. The Hall–Kier alpha value is 0.555. The Labute approximate surface area is 49.9 Å². The standard InChI is InChI=1S/CHN.BH3.Na.H/c1-2;;;/h1H;1H3;;. The molecule has 0 aromatic heterocycles. The average molecular weight is 64.9 g/mol. The van der Waals surface area contributed by atoms with E-state index in [1.165, 1.54) is 0 Å². The minimum atomic E-state index is 0. The van der Waals surface area contributed by atoms with E-state index in [-0.39, 0.29) is 38.0 Å². The first-order valence-electron chi connectivity index (χ1n) is 0.258. The molecule has 3 heteroatoms. The van der Waals surface area contributed by atoms with E-state index in [9.17, 15) is 0 Å². The minimum absolute atomic E-state index is 0. The fraction of sp³-hybridized carbons (Fsp3) is 0. The van der Waals surface area contributed by atoms with Crippen molar-refractivity contribution in [2.75, 3.05) is 0 Å². The molecule has 0 N–H and O–H groups in total. The van der Waals surface area contributed by atoms with Gasteiger partial charge in [-0.3, -0.25) is 0 Å². The molecular formula is CH5BNNa. The van der Waals surface area contributed by atoms with Crippen molar-refractivity contribution in [2.45, 2.75) is 0 Å². The summed E-state index contributed by atoms with van der Waals surface area (Å²) in [6.07, 6.45) is 0. The van der Waals surface area contributed by atoms with Crippen LogP contribution in [0.25, 0.3) is 0 Å². The van der Waals surface area contributed by atoms with Crippen molar-refractivity contribution in [3.63, 3.8) is 0 Å². The molecule has 0 radical (unpaired) electrons. The van der Waals surface area contributed by atoms with Crippen LogP contribution in [-0.2, 0) is 0 Å². The third kappa shape index (κ3) is 20.1. The summed E-state index contributed by atoms with van der Waals surface area (Å²) < 4.78 is 0. The molecule has 0 aliphatic rings. The Morgan fingerprint density at radius 3 is 1.25 bits per heavy atom. The van der Waals surface area contributed by atoms with Gasteiger partial charge in [-0.1, -0.05) is 0 Å². The normalized spacial score (nSPS) is 0.500. The molecule has 0 aliphatic carbocycles. The molecule has 0 aromatic rings.